The third-order valence-corrected chi connectivity index (χ3v) is 4.60. The van der Waals surface area contributed by atoms with Gasteiger partial charge in [0.1, 0.15) is 12.0 Å². The molecule has 19 heavy (non-hydrogen) atoms. The van der Waals surface area contributed by atoms with Crippen molar-refractivity contribution in [3.05, 3.63) is 36.4 Å². The van der Waals surface area contributed by atoms with Crippen LogP contribution in [0.2, 0.25) is 0 Å². The fourth-order valence-corrected chi connectivity index (χ4v) is 3.29. The van der Waals surface area contributed by atoms with Crippen molar-refractivity contribution in [3.8, 4) is 11.3 Å². The maximum atomic E-state index is 11.3. The third kappa shape index (κ3) is 2.71. The maximum absolute atomic E-state index is 11.3. The van der Waals surface area contributed by atoms with Crippen LogP contribution in [0.3, 0.4) is 0 Å². The van der Waals surface area contributed by atoms with Crippen molar-refractivity contribution in [2.45, 2.75) is 6.92 Å². The van der Waals surface area contributed by atoms with Gasteiger partial charge in [0.05, 0.1) is 0 Å². The Kier molecular flexibility index (Phi) is 3.38. The number of nitrogens with zero attached hydrogens (tertiary/aromatic N) is 2. The lowest BCUT2D eigenvalue weighted by atomic mass is 10.1. The predicted molar refractivity (Wildman–Crippen MR) is 76.8 cm³/mol. The summed E-state index contributed by atoms with van der Waals surface area (Å²) in [6.07, 6.45) is 1.67. The fraction of sp³-hybridized carbons (Fsp3) is 0.357. The van der Waals surface area contributed by atoms with Crippen LogP contribution in [0, 0.1) is 6.92 Å². The summed E-state index contributed by atoms with van der Waals surface area (Å²) in [5.74, 6) is 2.21. The number of aryl methyl sites for hydroxylation is 1. The molecule has 1 fully saturated rings. The summed E-state index contributed by atoms with van der Waals surface area (Å²) in [5.41, 5.74) is 3.10. The van der Waals surface area contributed by atoms with Crippen LogP contribution in [-0.2, 0) is 10.8 Å². The smallest absolute Gasteiger partial charge is 0.191 e. The van der Waals surface area contributed by atoms with E-state index < -0.39 is 10.8 Å². The van der Waals surface area contributed by atoms with Gasteiger partial charge in [-0.25, -0.2) is 4.98 Å². The van der Waals surface area contributed by atoms with Crippen molar-refractivity contribution in [3.63, 3.8) is 0 Å². The number of hydrogen-bond donors (Lipinski definition) is 0. The molecule has 1 aliphatic rings. The number of aromatic nitrogens is 1. The van der Waals surface area contributed by atoms with E-state index in [2.05, 4.69) is 34.1 Å². The molecule has 2 aromatic rings. The molecule has 0 atom stereocenters. The Morgan fingerprint density at radius 2 is 1.89 bits per heavy atom. The lowest BCUT2D eigenvalue weighted by Gasteiger charge is -2.28. The molecule has 0 N–H and O–H groups in total. The van der Waals surface area contributed by atoms with Crippen LogP contribution in [0.15, 0.2) is 34.9 Å². The zero-order chi connectivity index (χ0) is 13.2. The number of benzene rings is 1. The highest BCUT2D eigenvalue weighted by Crippen LogP contribution is 2.23. The van der Waals surface area contributed by atoms with Gasteiger partial charge in [0.25, 0.3) is 0 Å². The van der Waals surface area contributed by atoms with Crippen molar-refractivity contribution >= 4 is 16.5 Å². The lowest BCUT2D eigenvalue weighted by Crippen LogP contribution is -2.37. The highest BCUT2D eigenvalue weighted by molar-refractivity contribution is 7.85. The van der Waals surface area contributed by atoms with Gasteiger partial charge in [0.2, 0.25) is 0 Å². The Morgan fingerprint density at radius 3 is 2.47 bits per heavy atom. The second-order valence-corrected chi connectivity index (χ2v) is 6.33. The SMILES string of the molecule is Cc1nc(-c2ccc(N3CCS(=O)CC3)cc2)co1. The minimum absolute atomic E-state index is 0.630. The summed E-state index contributed by atoms with van der Waals surface area (Å²) >= 11 is 0. The summed E-state index contributed by atoms with van der Waals surface area (Å²) in [6, 6.07) is 8.29. The van der Waals surface area contributed by atoms with Crippen LogP contribution < -0.4 is 4.90 Å². The quantitative estimate of drug-likeness (QED) is 0.844. The molecule has 5 heteroatoms. The van der Waals surface area contributed by atoms with E-state index in [0.717, 1.165) is 35.9 Å². The van der Waals surface area contributed by atoms with E-state index in [0.29, 0.717) is 5.89 Å². The number of anilines is 1. The molecule has 1 aliphatic heterocycles. The first-order valence-corrected chi connectivity index (χ1v) is 7.84. The Balaban J connectivity index is 1.77. The van der Waals surface area contributed by atoms with Gasteiger partial charge in [-0.3, -0.25) is 4.21 Å². The van der Waals surface area contributed by atoms with Crippen molar-refractivity contribution in [2.24, 2.45) is 0 Å². The molecule has 1 aromatic heterocycles. The first-order chi connectivity index (χ1) is 9.22. The highest BCUT2D eigenvalue weighted by atomic mass is 32.2. The van der Waals surface area contributed by atoms with Crippen molar-refractivity contribution in [1.29, 1.82) is 0 Å². The van der Waals surface area contributed by atoms with Crippen LogP contribution >= 0.6 is 0 Å². The first-order valence-electron chi connectivity index (χ1n) is 6.35. The minimum Gasteiger partial charge on any atom is -0.449 e. The van der Waals surface area contributed by atoms with Crippen LogP contribution in [0.4, 0.5) is 5.69 Å². The third-order valence-electron chi connectivity index (χ3n) is 3.32. The Morgan fingerprint density at radius 1 is 1.21 bits per heavy atom. The summed E-state index contributed by atoms with van der Waals surface area (Å²) in [6.45, 7) is 3.58. The van der Waals surface area contributed by atoms with Crippen LogP contribution in [0.25, 0.3) is 11.3 Å². The second kappa shape index (κ2) is 5.17. The highest BCUT2D eigenvalue weighted by Gasteiger charge is 2.15. The second-order valence-electron chi connectivity index (χ2n) is 4.63. The van der Waals surface area contributed by atoms with Gasteiger partial charge in [0, 0.05) is 53.6 Å². The van der Waals surface area contributed by atoms with Gasteiger partial charge in [0.15, 0.2) is 5.89 Å². The average Bonchev–Trinajstić information content (AvgIpc) is 2.87. The van der Waals surface area contributed by atoms with E-state index in [1.807, 2.05) is 6.92 Å². The molecule has 0 spiro atoms. The molecule has 0 unspecified atom stereocenters. The van der Waals surface area contributed by atoms with E-state index in [1.54, 1.807) is 6.26 Å². The summed E-state index contributed by atoms with van der Waals surface area (Å²) in [4.78, 5) is 6.59. The van der Waals surface area contributed by atoms with Crippen molar-refractivity contribution < 1.29 is 8.63 Å². The molecule has 1 aromatic carbocycles. The fourth-order valence-electron chi connectivity index (χ4n) is 2.24. The molecule has 4 nitrogen and oxygen atoms in total. The van der Waals surface area contributed by atoms with Crippen molar-refractivity contribution in [1.82, 2.24) is 4.98 Å². The molecule has 0 aliphatic carbocycles. The number of hydrogen-bond acceptors (Lipinski definition) is 4. The van der Waals surface area contributed by atoms with Gasteiger partial charge in [-0.05, 0) is 12.1 Å². The molecule has 100 valence electrons. The van der Waals surface area contributed by atoms with E-state index >= 15 is 0 Å². The normalized spacial score (nSPS) is 16.8. The van der Waals surface area contributed by atoms with E-state index in [9.17, 15) is 4.21 Å². The minimum atomic E-state index is -0.630. The molecule has 0 bridgehead atoms. The molecule has 0 radical (unpaired) electrons. The Labute approximate surface area is 114 Å². The van der Waals surface area contributed by atoms with Gasteiger partial charge in [-0.15, -0.1) is 0 Å². The zero-order valence-electron chi connectivity index (χ0n) is 10.8. The Bertz CT molecular complexity index is 582. The monoisotopic (exact) mass is 276 g/mol. The Hall–Kier alpha value is -1.62. The van der Waals surface area contributed by atoms with Gasteiger partial charge >= 0.3 is 0 Å². The number of oxazole rings is 1. The molecule has 0 saturated carbocycles. The molecule has 1 saturated heterocycles. The van der Waals surface area contributed by atoms with Gasteiger partial charge in [-0.1, -0.05) is 12.1 Å². The summed E-state index contributed by atoms with van der Waals surface area (Å²) in [7, 11) is -0.630. The van der Waals surface area contributed by atoms with Crippen LogP contribution in [0.5, 0.6) is 0 Å². The molecule has 2 heterocycles. The van der Waals surface area contributed by atoms with E-state index in [4.69, 9.17) is 4.42 Å². The van der Waals surface area contributed by atoms with Gasteiger partial charge < -0.3 is 9.32 Å². The average molecular weight is 276 g/mol. The van der Waals surface area contributed by atoms with E-state index in [1.165, 1.54) is 5.69 Å². The standard InChI is InChI=1S/C14H16N2O2S/c1-11-15-14(10-18-11)12-2-4-13(5-3-12)16-6-8-19(17)9-7-16/h2-5,10H,6-9H2,1H3. The van der Waals surface area contributed by atoms with Crippen LogP contribution in [0.1, 0.15) is 5.89 Å². The summed E-state index contributed by atoms with van der Waals surface area (Å²) in [5, 5.41) is 0. The molecular formula is C14H16N2O2S. The van der Waals surface area contributed by atoms with Gasteiger partial charge in [-0.2, -0.15) is 0 Å². The maximum Gasteiger partial charge on any atom is 0.191 e. The lowest BCUT2D eigenvalue weighted by molar-refractivity contribution is 0.521. The zero-order valence-corrected chi connectivity index (χ0v) is 11.7. The summed E-state index contributed by atoms with van der Waals surface area (Å²) < 4.78 is 16.6. The van der Waals surface area contributed by atoms with E-state index in [-0.39, 0.29) is 0 Å². The number of rotatable bonds is 2. The molecule has 0 amide bonds. The largest absolute Gasteiger partial charge is 0.449 e. The van der Waals surface area contributed by atoms with Crippen molar-refractivity contribution in [2.75, 3.05) is 29.5 Å². The first kappa shape index (κ1) is 12.4. The predicted octanol–water partition coefficient (Wildman–Crippen LogP) is 2.22. The molecular weight excluding hydrogens is 260 g/mol. The van der Waals surface area contributed by atoms with Crippen LogP contribution in [-0.4, -0.2) is 33.8 Å². The topological polar surface area (TPSA) is 46.3 Å². The molecule has 3 rings (SSSR count).